The van der Waals surface area contributed by atoms with Crippen LogP contribution in [0.3, 0.4) is 0 Å². The Hall–Kier alpha value is -2.83. The molecule has 0 spiro atoms. The standard InChI is InChI=1S/C20H29N3O4/c1-13(2)10-11-16(18(21)24)22-19(25)17(14(3)4)23-20(26)27-12-15-8-6-5-7-9-15/h5-10,14,16-17H,11-12H2,1-4H3,(H2,21,24)(H,22,25)(H,23,26)/t16-,17+/m1/s1. The molecule has 0 bridgehead atoms. The van der Waals surface area contributed by atoms with Gasteiger partial charge in [-0.05, 0) is 31.7 Å². The highest BCUT2D eigenvalue weighted by atomic mass is 16.5. The van der Waals surface area contributed by atoms with Gasteiger partial charge < -0.3 is 21.1 Å². The maximum atomic E-state index is 12.5. The van der Waals surface area contributed by atoms with Crippen LogP contribution in [0, 0.1) is 5.92 Å². The van der Waals surface area contributed by atoms with Crippen molar-refractivity contribution in [2.24, 2.45) is 11.7 Å². The van der Waals surface area contributed by atoms with Crippen LogP contribution in [0.4, 0.5) is 4.79 Å². The first-order chi connectivity index (χ1) is 12.7. The Morgan fingerprint density at radius 2 is 1.74 bits per heavy atom. The first-order valence-electron chi connectivity index (χ1n) is 8.91. The van der Waals surface area contributed by atoms with Crippen LogP contribution in [0.1, 0.15) is 39.7 Å². The molecule has 0 aliphatic carbocycles. The van der Waals surface area contributed by atoms with Gasteiger partial charge in [0.25, 0.3) is 0 Å². The van der Waals surface area contributed by atoms with Crippen molar-refractivity contribution in [1.82, 2.24) is 10.6 Å². The first kappa shape index (κ1) is 22.2. The van der Waals surface area contributed by atoms with Gasteiger partial charge in [-0.15, -0.1) is 0 Å². The molecule has 7 heteroatoms. The molecule has 1 aromatic carbocycles. The number of nitrogens with two attached hydrogens (primary N) is 1. The van der Waals surface area contributed by atoms with Crippen LogP contribution in [0.15, 0.2) is 42.0 Å². The molecular weight excluding hydrogens is 346 g/mol. The highest BCUT2D eigenvalue weighted by Gasteiger charge is 2.28. The van der Waals surface area contributed by atoms with Crippen LogP contribution >= 0.6 is 0 Å². The highest BCUT2D eigenvalue weighted by molar-refractivity contribution is 5.90. The van der Waals surface area contributed by atoms with E-state index in [1.807, 2.05) is 50.3 Å². The average Bonchev–Trinajstić information content (AvgIpc) is 2.61. The summed E-state index contributed by atoms with van der Waals surface area (Å²) >= 11 is 0. The van der Waals surface area contributed by atoms with Gasteiger partial charge in [0.1, 0.15) is 18.7 Å². The number of carbonyl (C=O) groups is 3. The molecule has 4 N–H and O–H groups in total. The van der Waals surface area contributed by atoms with Gasteiger partial charge in [0.15, 0.2) is 0 Å². The lowest BCUT2D eigenvalue weighted by Crippen LogP contribution is -2.54. The molecule has 1 aromatic rings. The van der Waals surface area contributed by atoms with E-state index in [0.29, 0.717) is 6.42 Å². The Labute approximate surface area is 160 Å². The van der Waals surface area contributed by atoms with Crippen LogP contribution in [0.25, 0.3) is 0 Å². The quantitative estimate of drug-likeness (QED) is 0.575. The minimum atomic E-state index is -0.846. The normalized spacial score (nSPS) is 12.6. The minimum Gasteiger partial charge on any atom is -0.445 e. The van der Waals surface area contributed by atoms with E-state index in [4.69, 9.17) is 10.5 Å². The minimum absolute atomic E-state index is 0.101. The average molecular weight is 375 g/mol. The summed E-state index contributed by atoms with van der Waals surface area (Å²) in [6.07, 6.45) is 1.42. The summed E-state index contributed by atoms with van der Waals surface area (Å²) in [5, 5.41) is 5.16. The molecule has 1 rings (SSSR count). The second-order valence-electron chi connectivity index (χ2n) is 6.91. The Bertz CT molecular complexity index is 667. The number of alkyl carbamates (subject to hydrolysis) is 1. The van der Waals surface area contributed by atoms with Crippen LogP contribution in [0.5, 0.6) is 0 Å². The fourth-order valence-electron chi connectivity index (χ4n) is 2.29. The molecular formula is C20H29N3O4. The van der Waals surface area contributed by atoms with Gasteiger partial charge in [-0.1, -0.05) is 55.8 Å². The van der Waals surface area contributed by atoms with E-state index < -0.39 is 30.0 Å². The molecule has 0 aliphatic rings. The fraction of sp³-hybridized carbons (Fsp3) is 0.450. The number of benzene rings is 1. The number of amides is 3. The molecule has 3 amide bonds. The van der Waals surface area contributed by atoms with Gasteiger partial charge in [0.05, 0.1) is 0 Å². The maximum absolute atomic E-state index is 12.5. The van der Waals surface area contributed by atoms with Crippen molar-refractivity contribution in [3.8, 4) is 0 Å². The summed E-state index contributed by atoms with van der Waals surface area (Å²) in [4.78, 5) is 36.2. The van der Waals surface area contributed by atoms with E-state index in [9.17, 15) is 14.4 Å². The predicted molar refractivity (Wildman–Crippen MR) is 104 cm³/mol. The van der Waals surface area contributed by atoms with Crippen molar-refractivity contribution in [3.63, 3.8) is 0 Å². The Morgan fingerprint density at radius 3 is 2.26 bits per heavy atom. The fourth-order valence-corrected chi connectivity index (χ4v) is 2.29. The lowest BCUT2D eigenvalue weighted by molar-refractivity contribution is -0.129. The maximum Gasteiger partial charge on any atom is 0.408 e. The second-order valence-corrected chi connectivity index (χ2v) is 6.91. The highest BCUT2D eigenvalue weighted by Crippen LogP contribution is 2.06. The van der Waals surface area contributed by atoms with E-state index in [1.54, 1.807) is 13.8 Å². The smallest absolute Gasteiger partial charge is 0.408 e. The zero-order valence-corrected chi connectivity index (χ0v) is 16.3. The third-order valence-electron chi connectivity index (χ3n) is 3.86. The lowest BCUT2D eigenvalue weighted by atomic mass is 10.0. The molecule has 27 heavy (non-hydrogen) atoms. The molecule has 0 saturated carbocycles. The van der Waals surface area contributed by atoms with Crippen molar-refractivity contribution in [2.45, 2.75) is 52.8 Å². The number of ether oxygens (including phenoxy) is 1. The van der Waals surface area contributed by atoms with E-state index in [1.165, 1.54) is 0 Å². The molecule has 2 atom stereocenters. The van der Waals surface area contributed by atoms with Gasteiger partial charge >= 0.3 is 6.09 Å². The van der Waals surface area contributed by atoms with Crippen molar-refractivity contribution in [1.29, 1.82) is 0 Å². The number of hydrogen-bond donors (Lipinski definition) is 3. The molecule has 0 radical (unpaired) electrons. The van der Waals surface area contributed by atoms with Gasteiger partial charge in [0.2, 0.25) is 11.8 Å². The van der Waals surface area contributed by atoms with E-state index in [-0.39, 0.29) is 12.5 Å². The zero-order chi connectivity index (χ0) is 20.4. The Kier molecular flexibility index (Phi) is 9.05. The SMILES string of the molecule is CC(C)=CC[C@@H](NC(=O)[C@@H](NC(=O)OCc1ccccc1)C(C)C)C(N)=O. The number of primary amides is 1. The molecule has 148 valence electrons. The molecule has 7 nitrogen and oxygen atoms in total. The monoisotopic (exact) mass is 375 g/mol. The summed E-state index contributed by atoms with van der Waals surface area (Å²) in [6, 6.07) is 7.54. The van der Waals surface area contributed by atoms with Gasteiger partial charge in [-0.25, -0.2) is 4.79 Å². The summed E-state index contributed by atoms with van der Waals surface area (Å²) < 4.78 is 5.16. The number of carbonyl (C=O) groups excluding carboxylic acids is 3. The molecule has 0 fully saturated rings. The molecule has 0 aromatic heterocycles. The summed E-state index contributed by atoms with van der Waals surface area (Å²) in [5.74, 6) is -1.31. The summed E-state index contributed by atoms with van der Waals surface area (Å²) in [7, 11) is 0. The van der Waals surface area contributed by atoms with Gasteiger partial charge in [0, 0.05) is 0 Å². The largest absolute Gasteiger partial charge is 0.445 e. The Morgan fingerprint density at radius 1 is 1.11 bits per heavy atom. The van der Waals surface area contributed by atoms with Crippen LogP contribution in [0.2, 0.25) is 0 Å². The van der Waals surface area contributed by atoms with Gasteiger partial charge in [-0.3, -0.25) is 9.59 Å². The molecule has 0 aliphatic heterocycles. The Balaban J connectivity index is 2.67. The second kappa shape index (κ2) is 11.0. The third kappa shape index (κ3) is 8.40. The zero-order valence-electron chi connectivity index (χ0n) is 16.3. The van der Waals surface area contributed by atoms with Crippen molar-refractivity contribution >= 4 is 17.9 Å². The number of nitrogens with one attached hydrogen (secondary N) is 2. The third-order valence-corrected chi connectivity index (χ3v) is 3.86. The van der Waals surface area contributed by atoms with Crippen LogP contribution in [-0.4, -0.2) is 30.0 Å². The van der Waals surface area contributed by atoms with Gasteiger partial charge in [-0.2, -0.15) is 0 Å². The number of hydrogen-bond acceptors (Lipinski definition) is 4. The van der Waals surface area contributed by atoms with Crippen LogP contribution < -0.4 is 16.4 Å². The van der Waals surface area contributed by atoms with Crippen molar-refractivity contribution in [3.05, 3.63) is 47.5 Å². The molecule has 0 unspecified atom stereocenters. The lowest BCUT2D eigenvalue weighted by Gasteiger charge is -2.23. The predicted octanol–water partition coefficient (Wildman–Crippen LogP) is 2.26. The van der Waals surface area contributed by atoms with Crippen molar-refractivity contribution < 1.29 is 19.1 Å². The number of allylic oxidation sites excluding steroid dienone is 1. The van der Waals surface area contributed by atoms with Crippen molar-refractivity contribution in [2.75, 3.05) is 0 Å². The summed E-state index contributed by atoms with van der Waals surface area (Å²) in [5.41, 5.74) is 7.22. The van der Waals surface area contributed by atoms with E-state index in [2.05, 4.69) is 10.6 Å². The summed E-state index contributed by atoms with van der Waals surface area (Å²) in [6.45, 7) is 7.46. The van der Waals surface area contributed by atoms with Crippen LogP contribution in [-0.2, 0) is 20.9 Å². The molecule has 0 heterocycles. The van der Waals surface area contributed by atoms with E-state index in [0.717, 1.165) is 11.1 Å². The van der Waals surface area contributed by atoms with E-state index >= 15 is 0 Å². The number of rotatable bonds is 9. The molecule has 0 saturated heterocycles. The first-order valence-corrected chi connectivity index (χ1v) is 8.91. The topological polar surface area (TPSA) is 111 Å².